The first-order valence-electron chi connectivity index (χ1n) is 3.50. The van der Waals surface area contributed by atoms with Gasteiger partial charge < -0.3 is 10.3 Å². The second-order valence-electron chi connectivity index (χ2n) is 2.11. The Bertz CT molecular complexity index is 272. The number of aromatic nitrogens is 2. The monoisotopic (exact) mass is 186 g/mol. The summed E-state index contributed by atoms with van der Waals surface area (Å²) in [7, 11) is 0. The van der Waals surface area contributed by atoms with Crippen LogP contribution < -0.4 is 5.73 Å². The van der Waals surface area contributed by atoms with Gasteiger partial charge in [0.2, 0.25) is 5.89 Å². The molecule has 0 aliphatic rings. The van der Waals surface area contributed by atoms with Crippen LogP contribution in [0.2, 0.25) is 0 Å². The number of nitrogens with one attached hydrogen (secondary N) is 1. The largest absolute Gasteiger partial charge is 0.379 e. The summed E-state index contributed by atoms with van der Waals surface area (Å²) >= 11 is 1.17. The number of aryl methyl sites for hydroxylation is 1. The molecule has 0 fully saturated rings. The summed E-state index contributed by atoms with van der Waals surface area (Å²) in [5.74, 6) is 1.68. The van der Waals surface area contributed by atoms with Gasteiger partial charge in [-0.1, -0.05) is 23.8 Å². The Morgan fingerprint density at radius 3 is 3.00 bits per heavy atom. The van der Waals surface area contributed by atoms with Crippen molar-refractivity contribution in [2.24, 2.45) is 5.73 Å². The maximum absolute atomic E-state index is 6.95. The van der Waals surface area contributed by atoms with Gasteiger partial charge in [-0.3, -0.25) is 5.41 Å². The summed E-state index contributed by atoms with van der Waals surface area (Å²) in [6, 6.07) is 0. The number of hydrogen-bond acceptors (Lipinski definition) is 5. The molecule has 0 amide bonds. The molecule has 3 N–H and O–H groups in total. The number of nitrogens with two attached hydrogens (primary N) is 1. The number of nitrogens with zero attached hydrogens (tertiary/aromatic N) is 2. The molecule has 1 aromatic heterocycles. The van der Waals surface area contributed by atoms with E-state index in [9.17, 15) is 0 Å². The van der Waals surface area contributed by atoms with Crippen LogP contribution in [0.5, 0.6) is 0 Å². The number of amidine groups is 1. The minimum atomic E-state index is 0.0613. The van der Waals surface area contributed by atoms with E-state index in [4.69, 9.17) is 15.7 Å². The predicted octanol–water partition coefficient (Wildman–Crippen LogP) is 0.759. The van der Waals surface area contributed by atoms with Crippen molar-refractivity contribution in [2.45, 2.75) is 19.1 Å². The van der Waals surface area contributed by atoms with Crippen molar-refractivity contribution in [2.75, 3.05) is 0 Å². The van der Waals surface area contributed by atoms with Gasteiger partial charge in [-0.15, -0.1) is 0 Å². The minimum Gasteiger partial charge on any atom is -0.379 e. The van der Waals surface area contributed by atoms with Crippen LogP contribution in [0.15, 0.2) is 4.52 Å². The highest BCUT2D eigenvalue weighted by Crippen LogP contribution is 2.08. The van der Waals surface area contributed by atoms with Crippen molar-refractivity contribution < 1.29 is 4.52 Å². The average molecular weight is 186 g/mol. The molecular formula is C6H10N4OS. The zero-order valence-electron chi connectivity index (χ0n) is 6.70. The van der Waals surface area contributed by atoms with Gasteiger partial charge in [-0.05, 0) is 0 Å². The summed E-state index contributed by atoms with van der Waals surface area (Å²) in [6.07, 6.45) is 0.758. The van der Waals surface area contributed by atoms with E-state index in [1.807, 2.05) is 6.92 Å². The fourth-order valence-corrected chi connectivity index (χ4v) is 1.03. The Hall–Kier alpha value is -1.04. The van der Waals surface area contributed by atoms with E-state index >= 15 is 0 Å². The summed E-state index contributed by atoms with van der Waals surface area (Å²) in [4.78, 5) is 4.05. The highest BCUT2D eigenvalue weighted by atomic mass is 32.2. The molecule has 0 aliphatic carbocycles. The van der Waals surface area contributed by atoms with E-state index < -0.39 is 0 Å². The number of rotatable bonds is 3. The fourth-order valence-electron chi connectivity index (χ4n) is 0.632. The zero-order chi connectivity index (χ0) is 8.97. The first kappa shape index (κ1) is 9.05. The van der Waals surface area contributed by atoms with Gasteiger partial charge in [0.1, 0.15) is 0 Å². The third-order valence-electron chi connectivity index (χ3n) is 1.18. The van der Waals surface area contributed by atoms with Crippen molar-refractivity contribution in [1.82, 2.24) is 10.1 Å². The van der Waals surface area contributed by atoms with Gasteiger partial charge in [-0.2, -0.15) is 4.98 Å². The Labute approximate surface area is 74.2 Å². The standard InChI is InChI=1S/C6H10N4OS/c1-2-4-9-5(11-10-4)3-12-6(7)8/h2-3H2,1H3,(H3,7,8). The third-order valence-corrected chi connectivity index (χ3v) is 1.88. The van der Waals surface area contributed by atoms with Gasteiger partial charge in [0.15, 0.2) is 11.0 Å². The molecule has 0 atom stereocenters. The second-order valence-corrected chi connectivity index (χ2v) is 3.13. The first-order valence-corrected chi connectivity index (χ1v) is 4.49. The molecule has 66 valence electrons. The van der Waals surface area contributed by atoms with Gasteiger partial charge >= 0.3 is 0 Å². The van der Waals surface area contributed by atoms with Crippen LogP contribution in [-0.4, -0.2) is 15.3 Å². The van der Waals surface area contributed by atoms with E-state index in [1.165, 1.54) is 11.8 Å². The highest BCUT2D eigenvalue weighted by Gasteiger charge is 2.04. The highest BCUT2D eigenvalue weighted by molar-refractivity contribution is 8.12. The second kappa shape index (κ2) is 4.10. The van der Waals surface area contributed by atoms with Gasteiger partial charge in [-0.25, -0.2) is 0 Å². The summed E-state index contributed by atoms with van der Waals surface area (Å²) < 4.78 is 4.87. The average Bonchev–Trinajstić information content (AvgIpc) is 2.48. The fraction of sp³-hybridized carbons (Fsp3) is 0.500. The van der Waals surface area contributed by atoms with E-state index in [0.717, 1.165) is 6.42 Å². The lowest BCUT2D eigenvalue weighted by atomic mass is 10.5. The molecule has 0 aliphatic heterocycles. The minimum absolute atomic E-state index is 0.0613. The maximum Gasteiger partial charge on any atom is 0.237 e. The third kappa shape index (κ3) is 2.54. The Balaban J connectivity index is 2.47. The smallest absolute Gasteiger partial charge is 0.237 e. The molecule has 0 aromatic carbocycles. The van der Waals surface area contributed by atoms with Crippen LogP contribution >= 0.6 is 11.8 Å². The molecule has 0 radical (unpaired) electrons. The normalized spacial score (nSPS) is 10.1. The predicted molar refractivity (Wildman–Crippen MR) is 46.9 cm³/mol. The van der Waals surface area contributed by atoms with Crippen molar-refractivity contribution in [1.29, 1.82) is 5.41 Å². The van der Waals surface area contributed by atoms with Crippen LogP contribution in [0.25, 0.3) is 0 Å². The molecule has 5 nitrogen and oxygen atoms in total. The number of thioether (sulfide) groups is 1. The van der Waals surface area contributed by atoms with Crippen molar-refractivity contribution in [3.05, 3.63) is 11.7 Å². The number of hydrogen-bond donors (Lipinski definition) is 2. The summed E-state index contributed by atoms with van der Waals surface area (Å²) in [5, 5.41) is 10.7. The lowest BCUT2D eigenvalue weighted by molar-refractivity contribution is 0.385. The topological polar surface area (TPSA) is 88.8 Å². The summed E-state index contributed by atoms with van der Waals surface area (Å²) in [6.45, 7) is 1.95. The molecule has 12 heavy (non-hydrogen) atoms. The van der Waals surface area contributed by atoms with Crippen LogP contribution in [-0.2, 0) is 12.2 Å². The quantitative estimate of drug-likeness (QED) is 0.537. The molecule has 0 saturated heterocycles. The van der Waals surface area contributed by atoms with Crippen molar-refractivity contribution in [3.63, 3.8) is 0 Å². The maximum atomic E-state index is 6.95. The van der Waals surface area contributed by atoms with Crippen LogP contribution in [0.3, 0.4) is 0 Å². The Morgan fingerprint density at radius 2 is 2.50 bits per heavy atom. The van der Waals surface area contributed by atoms with E-state index in [-0.39, 0.29) is 5.17 Å². The SMILES string of the molecule is CCc1noc(CSC(=N)N)n1. The van der Waals surface area contributed by atoms with Crippen LogP contribution in [0.1, 0.15) is 18.6 Å². The van der Waals surface area contributed by atoms with Crippen molar-refractivity contribution in [3.8, 4) is 0 Å². The van der Waals surface area contributed by atoms with E-state index in [1.54, 1.807) is 0 Å². The molecule has 6 heteroatoms. The van der Waals surface area contributed by atoms with Crippen LogP contribution in [0, 0.1) is 5.41 Å². The lowest BCUT2D eigenvalue weighted by Crippen LogP contribution is -2.03. The molecular weight excluding hydrogens is 176 g/mol. The van der Waals surface area contributed by atoms with Crippen molar-refractivity contribution >= 4 is 16.9 Å². The molecule has 0 saturated carbocycles. The molecule has 0 spiro atoms. The molecule has 0 unspecified atom stereocenters. The van der Waals surface area contributed by atoms with Gasteiger partial charge in [0, 0.05) is 6.42 Å². The zero-order valence-corrected chi connectivity index (χ0v) is 7.52. The first-order chi connectivity index (χ1) is 5.72. The van der Waals surface area contributed by atoms with Gasteiger partial charge in [0.05, 0.1) is 5.75 Å². The molecule has 1 heterocycles. The van der Waals surface area contributed by atoms with Crippen LogP contribution in [0.4, 0.5) is 0 Å². The lowest BCUT2D eigenvalue weighted by Gasteiger charge is -1.90. The Morgan fingerprint density at radius 1 is 1.75 bits per heavy atom. The molecule has 0 bridgehead atoms. The molecule has 1 aromatic rings. The summed E-state index contributed by atoms with van der Waals surface area (Å²) in [5.41, 5.74) is 5.14. The Kier molecular flexibility index (Phi) is 3.09. The molecule has 1 rings (SSSR count). The van der Waals surface area contributed by atoms with E-state index in [2.05, 4.69) is 10.1 Å². The van der Waals surface area contributed by atoms with Gasteiger partial charge in [0.25, 0.3) is 0 Å². The van der Waals surface area contributed by atoms with E-state index in [0.29, 0.717) is 17.5 Å².